The van der Waals surface area contributed by atoms with Crippen molar-refractivity contribution in [2.45, 2.75) is 45.8 Å². The Balaban J connectivity index is 1.52. The van der Waals surface area contributed by atoms with Gasteiger partial charge in [-0.1, -0.05) is 43.3 Å². The number of rotatable bonds is 8. The fourth-order valence-corrected chi connectivity index (χ4v) is 4.92. The van der Waals surface area contributed by atoms with Crippen molar-refractivity contribution in [2.24, 2.45) is 11.7 Å². The van der Waals surface area contributed by atoms with Crippen LogP contribution < -0.4 is 10.5 Å². The first-order chi connectivity index (χ1) is 16.7. The van der Waals surface area contributed by atoms with Gasteiger partial charge in [-0.2, -0.15) is 0 Å². The second-order valence-corrected chi connectivity index (χ2v) is 9.19. The van der Waals surface area contributed by atoms with E-state index in [0.29, 0.717) is 19.1 Å². The quantitative estimate of drug-likeness (QED) is 0.322. The normalized spacial score (nSPS) is 14.5. The van der Waals surface area contributed by atoms with Gasteiger partial charge in [0, 0.05) is 30.7 Å². The Hall–Kier alpha value is -3.08. The summed E-state index contributed by atoms with van der Waals surface area (Å²) in [5.74, 6) is 1.55. The van der Waals surface area contributed by atoms with Crippen molar-refractivity contribution in [2.75, 3.05) is 13.2 Å². The van der Waals surface area contributed by atoms with E-state index in [1.165, 1.54) is 22.3 Å². The highest BCUT2D eigenvalue weighted by Gasteiger charge is 2.19. The molecular weight excluding hydrogens is 422 g/mol. The molecule has 0 atom stereocenters. The summed E-state index contributed by atoms with van der Waals surface area (Å²) in [6, 6.07) is 21.3. The molecule has 0 radical (unpaired) electrons. The zero-order chi connectivity index (χ0) is 23.3. The maximum absolute atomic E-state index is 6.26. The highest BCUT2D eigenvalue weighted by Crippen LogP contribution is 2.35. The predicted molar refractivity (Wildman–Crippen MR) is 137 cm³/mol. The molecular formula is C30H33NO3. The van der Waals surface area contributed by atoms with Gasteiger partial charge in [0.1, 0.15) is 17.9 Å². The zero-order valence-corrected chi connectivity index (χ0v) is 19.9. The molecule has 5 rings (SSSR count). The number of para-hydroxylation sites is 1. The van der Waals surface area contributed by atoms with E-state index in [9.17, 15) is 0 Å². The fraction of sp³-hybridized carbons (Fsp3) is 0.333. The van der Waals surface area contributed by atoms with Crippen LogP contribution >= 0.6 is 0 Å². The largest absolute Gasteiger partial charge is 0.488 e. The summed E-state index contributed by atoms with van der Waals surface area (Å²) >= 11 is 0. The van der Waals surface area contributed by atoms with E-state index < -0.39 is 0 Å². The van der Waals surface area contributed by atoms with E-state index in [1.807, 2.05) is 18.4 Å². The van der Waals surface area contributed by atoms with E-state index in [-0.39, 0.29) is 0 Å². The molecule has 4 nitrogen and oxygen atoms in total. The smallest absolute Gasteiger partial charge is 0.137 e. The lowest BCUT2D eigenvalue weighted by atomic mass is 9.89. The fourth-order valence-electron chi connectivity index (χ4n) is 4.92. The zero-order valence-electron chi connectivity index (χ0n) is 19.9. The molecule has 34 heavy (non-hydrogen) atoms. The Morgan fingerprint density at radius 2 is 1.76 bits per heavy atom. The SMILES string of the molecule is CCc1ccccc1OCc1coc2c(CC3CCOCC3)cc(-c3cccc(CN)c3)cc12. The van der Waals surface area contributed by atoms with E-state index in [2.05, 4.69) is 55.5 Å². The van der Waals surface area contributed by atoms with Gasteiger partial charge in [0.05, 0.1) is 6.26 Å². The highest BCUT2D eigenvalue weighted by atomic mass is 16.5. The van der Waals surface area contributed by atoms with Crippen LogP contribution in [0.3, 0.4) is 0 Å². The van der Waals surface area contributed by atoms with Crippen molar-refractivity contribution in [3.8, 4) is 16.9 Å². The number of hydrogen-bond donors (Lipinski definition) is 1. The first-order valence-corrected chi connectivity index (χ1v) is 12.4. The van der Waals surface area contributed by atoms with Crippen LogP contribution in [0.5, 0.6) is 5.75 Å². The Kier molecular flexibility index (Phi) is 6.98. The van der Waals surface area contributed by atoms with E-state index >= 15 is 0 Å². The lowest BCUT2D eigenvalue weighted by Gasteiger charge is -2.22. The first kappa shape index (κ1) is 22.7. The summed E-state index contributed by atoms with van der Waals surface area (Å²) in [6.45, 7) is 4.86. The molecule has 1 aliphatic rings. The lowest BCUT2D eigenvalue weighted by molar-refractivity contribution is 0.0665. The molecule has 0 bridgehead atoms. The number of nitrogens with two attached hydrogens (primary N) is 1. The maximum atomic E-state index is 6.26. The summed E-state index contributed by atoms with van der Waals surface area (Å²) in [5.41, 5.74) is 14.0. The number of benzene rings is 3. The number of hydrogen-bond acceptors (Lipinski definition) is 4. The van der Waals surface area contributed by atoms with Crippen LogP contribution in [0.2, 0.25) is 0 Å². The van der Waals surface area contributed by atoms with E-state index in [4.69, 9.17) is 19.6 Å². The van der Waals surface area contributed by atoms with Crippen LogP contribution in [-0.2, 0) is 30.7 Å². The third-order valence-corrected chi connectivity index (χ3v) is 6.91. The van der Waals surface area contributed by atoms with Gasteiger partial charge in [0.15, 0.2) is 0 Å². The molecule has 4 heteroatoms. The third kappa shape index (κ3) is 4.89. The minimum atomic E-state index is 0.479. The van der Waals surface area contributed by atoms with E-state index in [0.717, 1.165) is 66.7 Å². The molecule has 0 unspecified atom stereocenters. The summed E-state index contributed by atoms with van der Waals surface area (Å²) < 4.78 is 18.0. The van der Waals surface area contributed by atoms with Crippen LogP contribution in [0.1, 0.15) is 42.0 Å². The first-order valence-electron chi connectivity index (χ1n) is 12.4. The molecule has 0 amide bonds. The summed E-state index contributed by atoms with van der Waals surface area (Å²) in [7, 11) is 0. The van der Waals surface area contributed by atoms with Crippen molar-refractivity contribution in [3.05, 3.63) is 89.2 Å². The van der Waals surface area contributed by atoms with Crippen LogP contribution in [0.15, 0.2) is 71.3 Å². The highest BCUT2D eigenvalue weighted by molar-refractivity contribution is 5.89. The van der Waals surface area contributed by atoms with Gasteiger partial charge >= 0.3 is 0 Å². The molecule has 1 aromatic heterocycles. The van der Waals surface area contributed by atoms with Crippen molar-refractivity contribution in [3.63, 3.8) is 0 Å². The number of ether oxygens (including phenoxy) is 2. The monoisotopic (exact) mass is 455 g/mol. The minimum Gasteiger partial charge on any atom is -0.488 e. The van der Waals surface area contributed by atoms with Gasteiger partial charge in [-0.15, -0.1) is 0 Å². The van der Waals surface area contributed by atoms with Crippen LogP contribution in [0, 0.1) is 5.92 Å². The second-order valence-electron chi connectivity index (χ2n) is 9.19. The summed E-state index contributed by atoms with van der Waals surface area (Å²) in [4.78, 5) is 0. The summed E-state index contributed by atoms with van der Waals surface area (Å²) in [5, 5.41) is 1.13. The van der Waals surface area contributed by atoms with Gasteiger partial charge in [0.25, 0.3) is 0 Å². The third-order valence-electron chi connectivity index (χ3n) is 6.91. The summed E-state index contributed by atoms with van der Waals surface area (Å²) in [6.07, 6.45) is 6.00. The predicted octanol–water partition coefficient (Wildman–Crippen LogP) is 6.67. The molecule has 2 heterocycles. The Morgan fingerprint density at radius 1 is 0.912 bits per heavy atom. The Morgan fingerprint density at radius 3 is 2.59 bits per heavy atom. The molecule has 1 aliphatic heterocycles. The number of aryl methyl sites for hydroxylation is 1. The number of fused-ring (bicyclic) bond motifs is 1. The average molecular weight is 456 g/mol. The topological polar surface area (TPSA) is 57.6 Å². The minimum absolute atomic E-state index is 0.479. The Bertz CT molecular complexity index is 1250. The average Bonchev–Trinajstić information content (AvgIpc) is 3.31. The molecule has 0 saturated carbocycles. The molecule has 1 saturated heterocycles. The van der Waals surface area contributed by atoms with E-state index in [1.54, 1.807) is 0 Å². The maximum Gasteiger partial charge on any atom is 0.137 e. The standard InChI is InChI=1S/C30H33NO3/c1-2-23-7-3-4-9-29(23)33-19-27-20-34-30-26(14-21-10-12-32-13-11-21)16-25(17-28(27)30)24-8-5-6-22(15-24)18-31/h3-9,15-17,20-21H,2,10-14,18-19,31H2,1H3. The number of furan rings is 1. The van der Waals surface area contributed by atoms with Crippen molar-refractivity contribution < 1.29 is 13.9 Å². The van der Waals surface area contributed by atoms with Crippen molar-refractivity contribution in [1.29, 1.82) is 0 Å². The van der Waals surface area contributed by atoms with Crippen LogP contribution in [-0.4, -0.2) is 13.2 Å². The molecule has 176 valence electrons. The Labute approximate surface area is 201 Å². The van der Waals surface area contributed by atoms with Gasteiger partial charge < -0.3 is 19.6 Å². The van der Waals surface area contributed by atoms with Gasteiger partial charge in [-0.05, 0) is 83.7 Å². The molecule has 4 aromatic rings. The van der Waals surface area contributed by atoms with Crippen LogP contribution in [0.4, 0.5) is 0 Å². The van der Waals surface area contributed by atoms with Gasteiger partial charge in [-0.3, -0.25) is 0 Å². The molecule has 3 aromatic carbocycles. The molecule has 0 spiro atoms. The van der Waals surface area contributed by atoms with Crippen molar-refractivity contribution in [1.82, 2.24) is 0 Å². The molecule has 2 N–H and O–H groups in total. The van der Waals surface area contributed by atoms with Gasteiger partial charge in [-0.25, -0.2) is 0 Å². The van der Waals surface area contributed by atoms with Crippen LogP contribution in [0.25, 0.3) is 22.1 Å². The molecule has 1 fully saturated rings. The molecule has 0 aliphatic carbocycles. The van der Waals surface area contributed by atoms with Gasteiger partial charge in [0.2, 0.25) is 0 Å². The second kappa shape index (κ2) is 10.5. The van der Waals surface area contributed by atoms with Crippen molar-refractivity contribution >= 4 is 11.0 Å². The lowest BCUT2D eigenvalue weighted by Crippen LogP contribution is -2.17.